The van der Waals surface area contributed by atoms with Crippen molar-refractivity contribution in [1.29, 1.82) is 0 Å². The highest BCUT2D eigenvalue weighted by atomic mass is 79.9. The lowest BCUT2D eigenvalue weighted by molar-refractivity contribution is -0.274. The first-order valence-corrected chi connectivity index (χ1v) is 6.45. The topological polar surface area (TPSA) is 18.5 Å². The minimum Gasteiger partial charge on any atom is -0.489 e. The molecule has 0 aliphatic heterocycles. The Hall–Kier alpha value is -1.69. The molecule has 2 aromatic rings. The van der Waals surface area contributed by atoms with Crippen LogP contribution in [0.5, 0.6) is 11.5 Å². The summed E-state index contributed by atoms with van der Waals surface area (Å²) in [5.41, 5.74) is 0.750. The summed E-state index contributed by atoms with van der Waals surface area (Å²) in [7, 11) is 0. The Morgan fingerprint density at radius 1 is 0.950 bits per heavy atom. The molecule has 0 atom stereocenters. The molecule has 2 nitrogen and oxygen atoms in total. The monoisotopic (exact) mass is 346 g/mol. The van der Waals surface area contributed by atoms with Crippen LogP contribution in [0.1, 0.15) is 5.56 Å². The minimum atomic E-state index is -4.67. The third-order valence-corrected chi connectivity index (χ3v) is 2.85. The molecule has 6 heteroatoms. The van der Waals surface area contributed by atoms with Crippen LogP contribution in [0.25, 0.3) is 0 Å². The van der Waals surface area contributed by atoms with Gasteiger partial charge >= 0.3 is 6.36 Å². The largest absolute Gasteiger partial charge is 0.573 e. The van der Waals surface area contributed by atoms with Crippen molar-refractivity contribution in [1.82, 2.24) is 0 Å². The highest BCUT2D eigenvalue weighted by molar-refractivity contribution is 9.10. The van der Waals surface area contributed by atoms with Gasteiger partial charge in [0.2, 0.25) is 0 Å². The van der Waals surface area contributed by atoms with Crippen molar-refractivity contribution in [3.63, 3.8) is 0 Å². The molecule has 106 valence electrons. The highest BCUT2D eigenvalue weighted by Crippen LogP contribution is 2.23. The molecule has 0 N–H and O–H groups in total. The van der Waals surface area contributed by atoms with Crippen LogP contribution in [-0.2, 0) is 6.61 Å². The molecule has 0 radical (unpaired) electrons. The van der Waals surface area contributed by atoms with Crippen LogP contribution < -0.4 is 9.47 Å². The Labute approximate surface area is 122 Å². The number of ether oxygens (including phenoxy) is 2. The van der Waals surface area contributed by atoms with Gasteiger partial charge in [0.25, 0.3) is 0 Å². The molecule has 0 saturated carbocycles. The zero-order chi connectivity index (χ0) is 14.6. The van der Waals surface area contributed by atoms with Crippen molar-refractivity contribution in [2.45, 2.75) is 13.0 Å². The van der Waals surface area contributed by atoms with Gasteiger partial charge in [0, 0.05) is 4.47 Å². The van der Waals surface area contributed by atoms with Crippen LogP contribution in [0.15, 0.2) is 53.0 Å². The van der Waals surface area contributed by atoms with Gasteiger partial charge in [-0.1, -0.05) is 34.1 Å². The van der Waals surface area contributed by atoms with E-state index < -0.39 is 6.36 Å². The van der Waals surface area contributed by atoms with Crippen LogP contribution in [0.3, 0.4) is 0 Å². The second-order valence-electron chi connectivity index (χ2n) is 3.94. The maximum Gasteiger partial charge on any atom is 0.573 e. The van der Waals surface area contributed by atoms with Gasteiger partial charge in [-0.05, 0) is 35.9 Å². The first-order valence-electron chi connectivity index (χ1n) is 5.65. The van der Waals surface area contributed by atoms with Gasteiger partial charge in [0.05, 0.1) is 0 Å². The standard InChI is InChI=1S/C14H10BrF3O2/c15-11-2-1-3-13(8-11)19-9-10-4-6-12(7-5-10)20-14(16,17)18/h1-8H,9H2. The number of benzene rings is 2. The lowest BCUT2D eigenvalue weighted by Crippen LogP contribution is -2.17. The van der Waals surface area contributed by atoms with Gasteiger partial charge in [0.1, 0.15) is 18.1 Å². The van der Waals surface area contributed by atoms with Crippen molar-refractivity contribution in [2.75, 3.05) is 0 Å². The third-order valence-electron chi connectivity index (χ3n) is 2.36. The second kappa shape index (κ2) is 6.17. The predicted octanol–water partition coefficient (Wildman–Crippen LogP) is 4.93. The van der Waals surface area contributed by atoms with Gasteiger partial charge in [-0.25, -0.2) is 0 Å². The van der Waals surface area contributed by atoms with Crippen molar-refractivity contribution in [3.8, 4) is 11.5 Å². The average Bonchev–Trinajstić information content (AvgIpc) is 2.36. The molecular formula is C14H10BrF3O2. The highest BCUT2D eigenvalue weighted by Gasteiger charge is 2.30. The Morgan fingerprint density at radius 2 is 1.65 bits per heavy atom. The fourth-order valence-corrected chi connectivity index (χ4v) is 1.89. The SMILES string of the molecule is FC(F)(F)Oc1ccc(COc2cccc(Br)c2)cc1. The van der Waals surface area contributed by atoms with E-state index >= 15 is 0 Å². The summed E-state index contributed by atoms with van der Waals surface area (Å²) >= 11 is 3.32. The molecular weight excluding hydrogens is 337 g/mol. The molecule has 2 rings (SSSR count). The van der Waals surface area contributed by atoms with Crippen LogP contribution in [0.2, 0.25) is 0 Å². The Balaban J connectivity index is 1.94. The van der Waals surface area contributed by atoms with Crippen LogP contribution >= 0.6 is 15.9 Å². The molecule has 0 spiro atoms. The zero-order valence-corrected chi connectivity index (χ0v) is 11.7. The van der Waals surface area contributed by atoms with Gasteiger partial charge < -0.3 is 9.47 Å². The summed E-state index contributed by atoms with van der Waals surface area (Å²) in [6, 6.07) is 12.9. The number of hydrogen-bond donors (Lipinski definition) is 0. The van der Waals surface area contributed by atoms with E-state index in [1.807, 2.05) is 12.1 Å². The summed E-state index contributed by atoms with van der Waals surface area (Å²) in [4.78, 5) is 0. The predicted molar refractivity (Wildman–Crippen MR) is 71.6 cm³/mol. The van der Waals surface area contributed by atoms with Gasteiger partial charge in [-0.15, -0.1) is 13.2 Å². The van der Waals surface area contributed by atoms with Crippen molar-refractivity contribution >= 4 is 15.9 Å². The van der Waals surface area contributed by atoms with Crippen molar-refractivity contribution in [3.05, 3.63) is 58.6 Å². The molecule has 0 bridgehead atoms. The van der Waals surface area contributed by atoms with Crippen LogP contribution in [0.4, 0.5) is 13.2 Å². The summed E-state index contributed by atoms with van der Waals surface area (Å²) < 4.78 is 46.2. The van der Waals surface area contributed by atoms with Gasteiger partial charge in [0.15, 0.2) is 0 Å². The van der Waals surface area contributed by atoms with E-state index in [2.05, 4.69) is 20.7 Å². The van der Waals surface area contributed by atoms with Gasteiger partial charge in [-0.2, -0.15) is 0 Å². The summed E-state index contributed by atoms with van der Waals surface area (Å²) in [5, 5.41) is 0. The molecule has 0 aliphatic carbocycles. The van der Waals surface area contributed by atoms with E-state index in [-0.39, 0.29) is 12.4 Å². The Kier molecular flexibility index (Phi) is 4.54. The molecule has 0 amide bonds. The maximum atomic E-state index is 12.0. The van der Waals surface area contributed by atoms with Gasteiger partial charge in [-0.3, -0.25) is 0 Å². The lowest BCUT2D eigenvalue weighted by Gasteiger charge is -2.10. The van der Waals surface area contributed by atoms with E-state index in [1.54, 1.807) is 12.1 Å². The third kappa shape index (κ3) is 4.77. The molecule has 0 fully saturated rings. The lowest BCUT2D eigenvalue weighted by atomic mass is 10.2. The molecule has 0 aliphatic rings. The summed E-state index contributed by atoms with van der Waals surface area (Å²) in [6.45, 7) is 0.267. The van der Waals surface area contributed by atoms with E-state index in [4.69, 9.17) is 4.74 Å². The normalized spacial score (nSPS) is 11.2. The quantitative estimate of drug-likeness (QED) is 0.781. The molecule has 0 aromatic heterocycles. The average molecular weight is 347 g/mol. The smallest absolute Gasteiger partial charge is 0.489 e. The number of rotatable bonds is 4. The second-order valence-corrected chi connectivity index (χ2v) is 4.85. The molecule has 20 heavy (non-hydrogen) atoms. The molecule has 2 aromatic carbocycles. The van der Waals surface area contributed by atoms with Crippen LogP contribution in [0, 0.1) is 0 Å². The number of hydrogen-bond acceptors (Lipinski definition) is 2. The first kappa shape index (κ1) is 14.7. The first-order chi connectivity index (χ1) is 9.42. The van der Waals surface area contributed by atoms with E-state index in [0.29, 0.717) is 5.75 Å². The summed E-state index contributed by atoms with van der Waals surface area (Å²) in [6.07, 6.45) is -4.67. The zero-order valence-electron chi connectivity index (χ0n) is 10.2. The maximum absolute atomic E-state index is 12.0. The van der Waals surface area contributed by atoms with E-state index in [9.17, 15) is 13.2 Å². The van der Waals surface area contributed by atoms with Crippen molar-refractivity contribution in [2.24, 2.45) is 0 Å². The number of alkyl halides is 3. The fourth-order valence-electron chi connectivity index (χ4n) is 1.51. The minimum absolute atomic E-state index is 0.247. The fraction of sp³-hybridized carbons (Fsp3) is 0.143. The van der Waals surface area contributed by atoms with Crippen LogP contribution in [-0.4, -0.2) is 6.36 Å². The van der Waals surface area contributed by atoms with E-state index in [1.165, 1.54) is 24.3 Å². The number of halogens is 4. The summed E-state index contributed by atoms with van der Waals surface area (Å²) in [5.74, 6) is 0.429. The van der Waals surface area contributed by atoms with E-state index in [0.717, 1.165) is 10.0 Å². The molecule has 0 heterocycles. The Morgan fingerprint density at radius 3 is 2.25 bits per heavy atom. The van der Waals surface area contributed by atoms with Crippen molar-refractivity contribution < 1.29 is 22.6 Å². The Bertz CT molecular complexity index is 567. The molecule has 0 unspecified atom stereocenters. The molecule has 0 saturated heterocycles.